The van der Waals surface area contributed by atoms with Gasteiger partial charge >= 0.3 is 0 Å². The molecule has 62 heavy (non-hydrogen) atoms. The monoisotopic (exact) mass is 980 g/mol. The first-order valence-electron chi connectivity index (χ1n) is 20.9. The van der Waals surface area contributed by atoms with Crippen LogP contribution in [0.2, 0.25) is 0 Å². The standard InChI is InChI=1S/C56H41N4O.Pt/c1-55(2,3)39-26-25-37-23-24-38-16-12-18-42(36-14-6-5-7-15-36)53(38)56(47(37)32-39)45-30-28-41(34-51(45)59-35-58(4)49-21-13-19-46(56)54(49)59)61-40-27-29-44-43-17-8-9-20-48(43)60(50(44)33-40)52-22-10-11-31-57-52;/h5-32,35H,1-4H3;/q-3;. The number of hydrogen-bond donors (Lipinski definition) is 0. The molecule has 1 aliphatic carbocycles. The van der Waals surface area contributed by atoms with Crippen LogP contribution >= 0.6 is 0 Å². The molecule has 0 bridgehead atoms. The Kier molecular flexibility index (Phi) is 8.76. The molecule has 5 nitrogen and oxygen atoms in total. The number of anilines is 3. The summed E-state index contributed by atoms with van der Waals surface area (Å²) in [5.41, 5.74) is 15.4. The second kappa shape index (κ2) is 14.2. The predicted octanol–water partition coefficient (Wildman–Crippen LogP) is 13.4. The summed E-state index contributed by atoms with van der Waals surface area (Å²) >= 11 is 0. The maximum Gasteiger partial charge on any atom is 0.135 e. The first-order chi connectivity index (χ1) is 29.8. The molecule has 2 aromatic heterocycles. The van der Waals surface area contributed by atoms with E-state index in [1.807, 2.05) is 30.5 Å². The van der Waals surface area contributed by atoms with Crippen LogP contribution in [0.25, 0.3) is 50.9 Å². The van der Waals surface area contributed by atoms with Crippen LogP contribution in [-0.2, 0) is 31.9 Å². The summed E-state index contributed by atoms with van der Waals surface area (Å²) in [5.74, 6) is 2.05. The Hall–Kier alpha value is -6.68. The third-order valence-electron chi connectivity index (χ3n) is 12.8. The second-order valence-electron chi connectivity index (χ2n) is 17.4. The fourth-order valence-corrected chi connectivity index (χ4v) is 10.1. The topological polar surface area (TPSA) is 33.5 Å². The molecule has 1 spiro atoms. The van der Waals surface area contributed by atoms with Gasteiger partial charge in [0.25, 0.3) is 0 Å². The first kappa shape index (κ1) is 38.3. The van der Waals surface area contributed by atoms with Crippen molar-refractivity contribution in [3.05, 3.63) is 216 Å². The number of hydrogen-bond acceptors (Lipinski definition) is 4. The second-order valence-corrected chi connectivity index (χ2v) is 17.4. The molecule has 7 aromatic carbocycles. The van der Waals surface area contributed by atoms with Gasteiger partial charge in [-0.25, -0.2) is 4.98 Å². The van der Waals surface area contributed by atoms with E-state index in [4.69, 9.17) is 9.72 Å². The third-order valence-corrected chi connectivity index (χ3v) is 12.8. The van der Waals surface area contributed by atoms with Gasteiger partial charge in [0.2, 0.25) is 0 Å². The molecular weight excluding hydrogens is 940 g/mol. The molecule has 0 saturated carbocycles. The fourth-order valence-electron chi connectivity index (χ4n) is 10.1. The van der Waals surface area contributed by atoms with Crippen molar-refractivity contribution in [3.8, 4) is 28.4 Å². The Morgan fingerprint density at radius 3 is 2.27 bits per heavy atom. The third kappa shape index (κ3) is 5.54. The molecule has 0 N–H and O–H groups in total. The van der Waals surface area contributed by atoms with Gasteiger partial charge in [0.15, 0.2) is 0 Å². The number of aromatic nitrogens is 2. The Labute approximate surface area is 376 Å². The van der Waals surface area contributed by atoms with Crippen LogP contribution < -0.4 is 14.5 Å². The minimum atomic E-state index is -0.734. The van der Waals surface area contributed by atoms with Gasteiger partial charge in [-0.05, 0) is 86.6 Å². The summed E-state index contributed by atoms with van der Waals surface area (Å²) in [6.45, 7) is 9.11. The van der Waals surface area contributed by atoms with Crippen molar-refractivity contribution in [3.63, 3.8) is 0 Å². The summed E-state index contributed by atoms with van der Waals surface area (Å²) in [6.07, 6.45) is 6.46. The summed E-state index contributed by atoms with van der Waals surface area (Å²) < 4.78 is 9.01. The van der Waals surface area contributed by atoms with Crippen molar-refractivity contribution in [2.24, 2.45) is 0 Å². The smallest absolute Gasteiger partial charge is 0.135 e. The molecule has 12 rings (SSSR count). The number of para-hydroxylation sites is 2. The van der Waals surface area contributed by atoms with Crippen LogP contribution in [0.4, 0.5) is 17.1 Å². The predicted molar refractivity (Wildman–Crippen MR) is 249 cm³/mol. The van der Waals surface area contributed by atoms with Crippen molar-refractivity contribution < 1.29 is 25.8 Å². The van der Waals surface area contributed by atoms with Gasteiger partial charge in [-0.3, -0.25) is 0 Å². The van der Waals surface area contributed by atoms with Gasteiger partial charge in [-0.2, -0.15) is 18.8 Å². The Morgan fingerprint density at radius 2 is 1.44 bits per heavy atom. The van der Waals surface area contributed by atoms with Crippen molar-refractivity contribution >= 4 is 51.0 Å². The van der Waals surface area contributed by atoms with Gasteiger partial charge in [-0.15, -0.1) is 35.2 Å². The molecule has 0 saturated heterocycles. The number of pyridine rings is 1. The first-order valence-corrected chi connectivity index (χ1v) is 20.9. The molecule has 6 heteroatoms. The maximum atomic E-state index is 6.85. The average molecular weight is 981 g/mol. The van der Waals surface area contributed by atoms with Crippen molar-refractivity contribution in [1.29, 1.82) is 0 Å². The van der Waals surface area contributed by atoms with E-state index >= 15 is 0 Å². The molecular formula is C56H41N4OPt-3. The quantitative estimate of drug-likeness (QED) is 0.165. The number of fused-ring (bicyclic) bond motifs is 11. The van der Waals surface area contributed by atoms with E-state index in [1.165, 1.54) is 44.5 Å². The van der Waals surface area contributed by atoms with Gasteiger partial charge in [0, 0.05) is 61.1 Å². The summed E-state index contributed by atoms with van der Waals surface area (Å²) in [7, 11) is 2.13. The SMILES string of the molecule is CN1[CH-]N2c3[c-]c(Oc4[c-]c5c(cc4)c4ccccc4n5-c4ccccn4)ccc3C3(c4cc(C(C)(C)C)ccc4C=Cc4cccc(-c5ccccc5)c43)c3cccc1c32.[Pt]. The van der Waals surface area contributed by atoms with E-state index in [2.05, 4.69) is 201 Å². The van der Waals surface area contributed by atoms with E-state index in [1.54, 1.807) is 0 Å². The van der Waals surface area contributed by atoms with Crippen LogP contribution in [0.15, 0.2) is 158 Å². The molecule has 2 aliphatic heterocycles. The molecule has 9 aromatic rings. The molecule has 304 valence electrons. The van der Waals surface area contributed by atoms with Gasteiger partial charge in [-0.1, -0.05) is 147 Å². The van der Waals surface area contributed by atoms with Crippen molar-refractivity contribution in [2.75, 3.05) is 16.8 Å². The largest absolute Gasteiger partial charge is 0.509 e. The minimum absolute atomic E-state index is 0. The zero-order chi connectivity index (χ0) is 41.0. The Bertz CT molecular complexity index is 3270. The van der Waals surface area contributed by atoms with Crippen LogP contribution in [-0.4, -0.2) is 16.6 Å². The van der Waals surface area contributed by atoms with E-state index < -0.39 is 5.41 Å². The van der Waals surface area contributed by atoms with E-state index in [0.29, 0.717) is 11.5 Å². The van der Waals surface area contributed by atoms with Crippen LogP contribution in [0.3, 0.4) is 0 Å². The molecule has 0 fully saturated rings. The van der Waals surface area contributed by atoms with E-state index in [-0.39, 0.29) is 26.5 Å². The van der Waals surface area contributed by atoms with Crippen molar-refractivity contribution in [2.45, 2.75) is 31.6 Å². The summed E-state index contributed by atoms with van der Waals surface area (Å²) in [4.78, 5) is 9.28. The Balaban J connectivity index is 0.00000432. The maximum absolute atomic E-state index is 6.85. The number of rotatable bonds is 4. The summed E-state index contributed by atoms with van der Waals surface area (Å²) in [6, 6.07) is 62.0. The number of nitrogens with zero attached hydrogens (tertiary/aromatic N) is 4. The summed E-state index contributed by atoms with van der Waals surface area (Å²) in [5, 5.41) is 2.23. The van der Waals surface area contributed by atoms with E-state index in [0.717, 1.165) is 50.2 Å². The number of ether oxygens (including phenoxy) is 1. The number of benzene rings is 7. The van der Waals surface area contributed by atoms with Crippen molar-refractivity contribution in [1.82, 2.24) is 9.55 Å². The minimum Gasteiger partial charge on any atom is -0.509 e. The molecule has 0 amide bonds. The molecule has 4 heterocycles. The van der Waals surface area contributed by atoms with Gasteiger partial charge in [0.05, 0.1) is 0 Å². The van der Waals surface area contributed by atoms with E-state index in [9.17, 15) is 0 Å². The van der Waals surface area contributed by atoms with Crippen LogP contribution in [0, 0.1) is 18.8 Å². The zero-order valence-electron chi connectivity index (χ0n) is 34.8. The zero-order valence-corrected chi connectivity index (χ0v) is 37.0. The molecule has 1 unspecified atom stereocenters. The van der Waals surface area contributed by atoms with Crippen LogP contribution in [0.5, 0.6) is 11.5 Å². The van der Waals surface area contributed by atoms with Gasteiger partial charge < -0.3 is 19.1 Å². The molecule has 1 atom stereocenters. The Morgan fingerprint density at radius 1 is 0.661 bits per heavy atom. The van der Waals surface area contributed by atoms with Gasteiger partial charge in [0.1, 0.15) is 5.82 Å². The average Bonchev–Trinajstić information content (AvgIpc) is 3.76. The van der Waals surface area contributed by atoms with Crippen LogP contribution in [0.1, 0.15) is 59.7 Å². The fraction of sp³-hybridized carbons (Fsp3) is 0.107. The molecule has 0 radical (unpaired) electrons. The normalized spacial score (nSPS) is 15.8. The molecule has 3 aliphatic rings.